The van der Waals surface area contributed by atoms with Crippen molar-refractivity contribution in [3.8, 4) is 11.3 Å². The standard InChI is InChI=1S/C22H18N2O4S/c1-14-11-15(2)13-18(12-14)29(27,28)24-20-6-4-3-5-19(20)21(23-24)16-7-9-17(10-8-16)22(25)26/h3-13H,1-2H3,(H,25,26). The van der Waals surface area contributed by atoms with Gasteiger partial charge in [0.2, 0.25) is 0 Å². The number of nitrogens with zero attached hydrogens (tertiary/aromatic N) is 2. The molecule has 1 N–H and O–H groups in total. The summed E-state index contributed by atoms with van der Waals surface area (Å²) in [5, 5.41) is 14.2. The predicted molar refractivity (Wildman–Crippen MR) is 111 cm³/mol. The summed E-state index contributed by atoms with van der Waals surface area (Å²) in [4.78, 5) is 11.3. The van der Waals surface area contributed by atoms with E-state index in [-0.39, 0.29) is 10.5 Å². The Labute approximate surface area is 168 Å². The van der Waals surface area contributed by atoms with E-state index in [1.807, 2.05) is 26.0 Å². The monoisotopic (exact) mass is 406 g/mol. The predicted octanol–water partition coefficient (Wildman–Crippen LogP) is 4.26. The van der Waals surface area contributed by atoms with Crippen molar-refractivity contribution in [1.82, 2.24) is 9.19 Å². The first-order valence-corrected chi connectivity index (χ1v) is 10.4. The van der Waals surface area contributed by atoms with Gasteiger partial charge >= 0.3 is 5.97 Å². The Morgan fingerprint density at radius 2 is 1.55 bits per heavy atom. The first-order valence-electron chi connectivity index (χ1n) is 8.93. The largest absolute Gasteiger partial charge is 0.478 e. The van der Waals surface area contributed by atoms with Crippen molar-refractivity contribution >= 4 is 26.9 Å². The normalized spacial score (nSPS) is 11.7. The molecular weight excluding hydrogens is 388 g/mol. The minimum Gasteiger partial charge on any atom is -0.478 e. The number of hydrogen-bond donors (Lipinski definition) is 1. The molecule has 29 heavy (non-hydrogen) atoms. The van der Waals surface area contributed by atoms with Crippen LogP contribution in [0, 0.1) is 13.8 Å². The molecule has 0 unspecified atom stereocenters. The van der Waals surface area contributed by atoms with Gasteiger partial charge in [0.1, 0.15) is 5.69 Å². The molecule has 0 atom stereocenters. The average molecular weight is 406 g/mol. The van der Waals surface area contributed by atoms with E-state index in [4.69, 9.17) is 5.11 Å². The number of carbonyl (C=O) groups is 1. The third kappa shape index (κ3) is 3.30. The highest BCUT2D eigenvalue weighted by Gasteiger charge is 2.24. The van der Waals surface area contributed by atoms with Crippen molar-refractivity contribution in [2.24, 2.45) is 0 Å². The van der Waals surface area contributed by atoms with E-state index < -0.39 is 16.0 Å². The molecule has 3 aromatic carbocycles. The molecule has 0 aliphatic carbocycles. The lowest BCUT2D eigenvalue weighted by Crippen LogP contribution is -2.15. The summed E-state index contributed by atoms with van der Waals surface area (Å²) in [5.74, 6) is -1.02. The Morgan fingerprint density at radius 1 is 0.931 bits per heavy atom. The third-order valence-corrected chi connectivity index (χ3v) is 6.25. The van der Waals surface area contributed by atoms with Crippen LogP contribution in [0.25, 0.3) is 22.2 Å². The summed E-state index contributed by atoms with van der Waals surface area (Å²) in [6, 6.07) is 18.5. The lowest BCUT2D eigenvalue weighted by atomic mass is 10.1. The zero-order valence-electron chi connectivity index (χ0n) is 15.8. The number of carboxylic acids is 1. The molecule has 0 spiro atoms. The molecule has 0 aliphatic rings. The van der Waals surface area contributed by atoms with Crippen LogP contribution in [0.15, 0.2) is 71.6 Å². The van der Waals surface area contributed by atoms with Crippen LogP contribution in [0.1, 0.15) is 21.5 Å². The number of aromatic carboxylic acids is 1. The summed E-state index contributed by atoms with van der Waals surface area (Å²) in [6.07, 6.45) is 0. The number of hydrogen-bond acceptors (Lipinski definition) is 4. The summed E-state index contributed by atoms with van der Waals surface area (Å²) in [6.45, 7) is 3.70. The molecule has 0 aliphatic heterocycles. The maximum atomic E-state index is 13.4. The second-order valence-corrected chi connectivity index (χ2v) is 8.69. The molecule has 0 amide bonds. The Balaban J connectivity index is 1.94. The lowest BCUT2D eigenvalue weighted by molar-refractivity contribution is 0.0697. The van der Waals surface area contributed by atoms with Crippen LogP contribution in [0.3, 0.4) is 0 Å². The van der Waals surface area contributed by atoms with Crippen LogP contribution in [0.5, 0.6) is 0 Å². The van der Waals surface area contributed by atoms with Gasteiger partial charge < -0.3 is 5.11 Å². The van der Waals surface area contributed by atoms with Crippen molar-refractivity contribution < 1.29 is 18.3 Å². The van der Waals surface area contributed by atoms with Crippen LogP contribution < -0.4 is 0 Å². The molecule has 1 aromatic heterocycles. The molecule has 0 radical (unpaired) electrons. The van der Waals surface area contributed by atoms with Crippen LogP contribution in [-0.2, 0) is 10.0 Å². The maximum absolute atomic E-state index is 13.4. The molecule has 4 rings (SSSR count). The van der Waals surface area contributed by atoms with E-state index in [1.54, 1.807) is 42.5 Å². The SMILES string of the molecule is Cc1cc(C)cc(S(=O)(=O)n2nc(-c3ccc(C(=O)O)cc3)c3ccccc32)c1. The summed E-state index contributed by atoms with van der Waals surface area (Å²) in [5.41, 5.74) is 3.43. The fraction of sp³-hybridized carbons (Fsp3) is 0.0909. The van der Waals surface area contributed by atoms with Gasteiger partial charge in [-0.1, -0.05) is 36.4 Å². The number of aromatic nitrogens is 2. The molecule has 0 bridgehead atoms. The summed E-state index contributed by atoms with van der Waals surface area (Å²) >= 11 is 0. The second-order valence-electron chi connectivity index (χ2n) is 6.92. The molecular formula is C22H18N2O4S. The zero-order valence-corrected chi connectivity index (χ0v) is 16.6. The molecule has 6 nitrogen and oxygen atoms in total. The topological polar surface area (TPSA) is 89.3 Å². The van der Waals surface area contributed by atoms with Crippen LogP contribution in [0.4, 0.5) is 0 Å². The number of benzene rings is 3. The van der Waals surface area contributed by atoms with Gasteiger partial charge in [0.15, 0.2) is 0 Å². The third-order valence-electron chi connectivity index (χ3n) is 4.68. The Morgan fingerprint density at radius 3 is 2.17 bits per heavy atom. The first-order chi connectivity index (χ1) is 13.8. The summed E-state index contributed by atoms with van der Waals surface area (Å²) < 4.78 is 27.8. The van der Waals surface area contributed by atoms with Gasteiger partial charge in [0.25, 0.3) is 10.0 Å². The Hall–Kier alpha value is -3.45. The lowest BCUT2D eigenvalue weighted by Gasteiger charge is -2.08. The van der Waals surface area contributed by atoms with Gasteiger partial charge in [-0.3, -0.25) is 0 Å². The zero-order chi connectivity index (χ0) is 20.8. The smallest absolute Gasteiger partial charge is 0.335 e. The fourth-order valence-corrected chi connectivity index (χ4v) is 4.86. The van der Waals surface area contributed by atoms with Crippen molar-refractivity contribution in [2.45, 2.75) is 18.7 Å². The van der Waals surface area contributed by atoms with Gasteiger partial charge in [-0.15, -0.1) is 0 Å². The number of fused-ring (bicyclic) bond motifs is 1. The van der Waals surface area contributed by atoms with Crippen molar-refractivity contribution in [3.63, 3.8) is 0 Å². The van der Waals surface area contributed by atoms with Gasteiger partial charge in [0, 0.05) is 10.9 Å². The van der Waals surface area contributed by atoms with E-state index >= 15 is 0 Å². The first kappa shape index (κ1) is 18.9. The summed E-state index contributed by atoms with van der Waals surface area (Å²) in [7, 11) is -3.91. The van der Waals surface area contributed by atoms with Gasteiger partial charge in [0.05, 0.1) is 16.0 Å². The quantitative estimate of drug-likeness (QED) is 0.547. The van der Waals surface area contributed by atoms with Crippen molar-refractivity contribution in [1.29, 1.82) is 0 Å². The molecule has 146 valence electrons. The van der Waals surface area contributed by atoms with Crippen LogP contribution in [0.2, 0.25) is 0 Å². The Kier molecular flexibility index (Phi) is 4.47. The molecule has 4 aromatic rings. The van der Waals surface area contributed by atoms with Gasteiger partial charge in [-0.2, -0.15) is 17.6 Å². The highest BCUT2D eigenvalue weighted by molar-refractivity contribution is 7.90. The van der Waals surface area contributed by atoms with E-state index in [9.17, 15) is 13.2 Å². The minimum absolute atomic E-state index is 0.153. The van der Waals surface area contributed by atoms with Crippen LogP contribution in [-0.4, -0.2) is 28.7 Å². The second kappa shape index (κ2) is 6.86. The van der Waals surface area contributed by atoms with Crippen LogP contribution >= 0.6 is 0 Å². The Bertz CT molecular complexity index is 1330. The highest BCUT2D eigenvalue weighted by Crippen LogP contribution is 2.30. The van der Waals surface area contributed by atoms with Gasteiger partial charge in [-0.05, 0) is 55.3 Å². The maximum Gasteiger partial charge on any atom is 0.335 e. The molecule has 0 saturated heterocycles. The molecule has 1 heterocycles. The molecule has 0 fully saturated rings. The van der Waals surface area contributed by atoms with E-state index in [0.717, 1.165) is 15.2 Å². The average Bonchev–Trinajstić information content (AvgIpc) is 3.08. The highest BCUT2D eigenvalue weighted by atomic mass is 32.2. The van der Waals surface area contributed by atoms with E-state index in [1.165, 1.54) is 12.1 Å². The number of carboxylic acid groups (broad SMARTS) is 1. The van der Waals surface area contributed by atoms with E-state index in [0.29, 0.717) is 22.2 Å². The number of aryl methyl sites for hydroxylation is 2. The fourth-order valence-electron chi connectivity index (χ4n) is 3.39. The molecule has 7 heteroatoms. The minimum atomic E-state index is -3.91. The molecule has 0 saturated carbocycles. The van der Waals surface area contributed by atoms with E-state index in [2.05, 4.69) is 5.10 Å². The van der Waals surface area contributed by atoms with Gasteiger partial charge in [-0.25, -0.2) is 4.79 Å². The number of para-hydroxylation sites is 1. The van der Waals surface area contributed by atoms with Crippen molar-refractivity contribution in [2.75, 3.05) is 0 Å². The number of rotatable bonds is 4. The van der Waals surface area contributed by atoms with Crippen molar-refractivity contribution in [3.05, 3.63) is 83.4 Å².